The molecule has 0 saturated carbocycles. The first kappa shape index (κ1) is 14.0. The van der Waals surface area contributed by atoms with Crippen LogP contribution in [0.2, 0.25) is 0 Å². The molecule has 0 aromatic rings. The molecule has 0 rings (SSSR count). The molecule has 0 fully saturated rings. The molecule has 2 atom stereocenters. The molecule has 0 N–H and O–H groups in total. The SMILES string of the molecule is CCN(C)C(CC(C)C(C)C)C(C)C. The first-order valence-electron chi connectivity index (χ1n) is 6.10. The standard InChI is InChI=1S/C13H29N/c1-8-14(7)13(11(4)5)9-12(6)10(2)3/h10-13H,8-9H2,1-7H3. The van der Waals surface area contributed by atoms with Crippen molar-refractivity contribution in [2.75, 3.05) is 13.6 Å². The van der Waals surface area contributed by atoms with E-state index in [4.69, 9.17) is 0 Å². The first-order valence-corrected chi connectivity index (χ1v) is 6.10. The van der Waals surface area contributed by atoms with E-state index in [9.17, 15) is 0 Å². The van der Waals surface area contributed by atoms with Crippen LogP contribution in [0.25, 0.3) is 0 Å². The van der Waals surface area contributed by atoms with Crippen LogP contribution in [0.3, 0.4) is 0 Å². The minimum absolute atomic E-state index is 0.748. The molecule has 0 saturated heterocycles. The Morgan fingerprint density at radius 3 is 1.71 bits per heavy atom. The van der Waals surface area contributed by atoms with Crippen LogP contribution < -0.4 is 0 Å². The Hall–Kier alpha value is -0.0400. The summed E-state index contributed by atoms with van der Waals surface area (Å²) in [7, 11) is 2.25. The van der Waals surface area contributed by atoms with Crippen LogP contribution in [-0.2, 0) is 0 Å². The fraction of sp³-hybridized carbons (Fsp3) is 1.00. The smallest absolute Gasteiger partial charge is 0.0118 e. The van der Waals surface area contributed by atoms with Crippen molar-refractivity contribution in [1.82, 2.24) is 4.90 Å². The lowest BCUT2D eigenvalue weighted by Gasteiger charge is -2.33. The molecule has 0 aliphatic rings. The topological polar surface area (TPSA) is 3.24 Å². The Labute approximate surface area is 90.9 Å². The van der Waals surface area contributed by atoms with E-state index in [0.717, 1.165) is 30.3 Å². The maximum atomic E-state index is 2.49. The lowest BCUT2D eigenvalue weighted by molar-refractivity contribution is 0.158. The highest BCUT2D eigenvalue weighted by molar-refractivity contribution is 4.75. The van der Waals surface area contributed by atoms with E-state index in [2.05, 4.69) is 53.5 Å². The van der Waals surface area contributed by atoms with Crippen molar-refractivity contribution in [2.45, 2.75) is 54.0 Å². The summed E-state index contributed by atoms with van der Waals surface area (Å²) in [5, 5.41) is 0. The number of rotatable bonds is 6. The molecule has 1 nitrogen and oxygen atoms in total. The van der Waals surface area contributed by atoms with Crippen LogP contribution >= 0.6 is 0 Å². The normalized spacial score (nSPS) is 16.7. The zero-order chi connectivity index (χ0) is 11.3. The quantitative estimate of drug-likeness (QED) is 0.631. The van der Waals surface area contributed by atoms with Crippen molar-refractivity contribution >= 4 is 0 Å². The molecule has 14 heavy (non-hydrogen) atoms. The van der Waals surface area contributed by atoms with Gasteiger partial charge in [-0.05, 0) is 37.8 Å². The maximum Gasteiger partial charge on any atom is 0.0118 e. The van der Waals surface area contributed by atoms with Crippen LogP contribution in [0, 0.1) is 17.8 Å². The minimum Gasteiger partial charge on any atom is -0.303 e. The number of hydrogen-bond acceptors (Lipinski definition) is 1. The minimum atomic E-state index is 0.748. The largest absolute Gasteiger partial charge is 0.303 e. The average molecular weight is 199 g/mol. The third-order valence-electron chi connectivity index (χ3n) is 3.59. The van der Waals surface area contributed by atoms with Crippen molar-refractivity contribution in [2.24, 2.45) is 17.8 Å². The van der Waals surface area contributed by atoms with E-state index >= 15 is 0 Å². The Morgan fingerprint density at radius 1 is 0.929 bits per heavy atom. The molecule has 2 unspecified atom stereocenters. The predicted octanol–water partition coefficient (Wildman–Crippen LogP) is 3.64. The van der Waals surface area contributed by atoms with Gasteiger partial charge in [0.15, 0.2) is 0 Å². The predicted molar refractivity (Wildman–Crippen MR) is 65.5 cm³/mol. The summed E-state index contributed by atoms with van der Waals surface area (Å²) < 4.78 is 0. The number of nitrogens with zero attached hydrogens (tertiary/aromatic N) is 1. The Morgan fingerprint density at radius 2 is 1.43 bits per heavy atom. The van der Waals surface area contributed by atoms with Gasteiger partial charge in [0.2, 0.25) is 0 Å². The van der Waals surface area contributed by atoms with E-state index in [0.29, 0.717) is 0 Å². The van der Waals surface area contributed by atoms with Gasteiger partial charge < -0.3 is 4.90 Å². The zero-order valence-electron chi connectivity index (χ0n) is 11.2. The van der Waals surface area contributed by atoms with Crippen LogP contribution in [0.15, 0.2) is 0 Å². The third-order valence-corrected chi connectivity index (χ3v) is 3.59. The van der Waals surface area contributed by atoms with Gasteiger partial charge in [0.1, 0.15) is 0 Å². The summed E-state index contributed by atoms with van der Waals surface area (Å²) in [4.78, 5) is 2.49. The van der Waals surface area contributed by atoms with Crippen LogP contribution in [0.5, 0.6) is 0 Å². The van der Waals surface area contributed by atoms with Crippen LogP contribution in [0.1, 0.15) is 48.0 Å². The Balaban J connectivity index is 4.23. The van der Waals surface area contributed by atoms with Crippen LogP contribution in [-0.4, -0.2) is 24.5 Å². The Bertz CT molecular complexity index is 140. The molecular formula is C13H29N. The lowest BCUT2D eigenvalue weighted by atomic mass is 9.86. The molecule has 86 valence electrons. The van der Waals surface area contributed by atoms with Crippen molar-refractivity contribution in [3.63, 3.8) is 0 Å². The van der Waals surface area contributed by atoms with Gasteiger partial charge in [-0.2, -0.15) is 0 Å². The molecule has 0 aliphatic carbocycles. The summed E-state index contributed by atoms with van der Waals surface area (Å²) in [6, 6.07) is 0.748. The number of hydrogen-bond donors (Lipinski definition) is 0. The molecule has 0 heterocycles. The van der Waals surface area contributed by atoms with E-state index < -0.39 is 0 Å². The third kappa shape index (κ3) is 4.45. The molecule has 1 heteroatoms. The molecule has 0 aromatic carbocycles. The maximum absolute atomic E-state index is 2.49. The molecule has 0 radical (unpaired) electrons. The van der Waals surface area contributed by atoms with Gasteiger partial charge in [0.05, 0.1) is 0 Å². The van der Waals surface area contributed by atoms with E-state index in [1.54, 1.807) is 0 Å². The van der Waals surface area contributed by atoms with Gasteiger partial charge in [-0.25, -0.2) is 0 Å². The molecule has 0 aliphatic heterocycles. The molecule has 0 amide bonds. The van der Waals surface area contributed by atoms with Crippen LogP contribution in [0.4, 0.5) is 0 Å². The second kappa shape index (κ2) is 6.44. The highest BCUT2D eigenvalue weighted by Gasteiger charge is 2.21. The first-order chi connectivity index (χ1) is 6.40. The summed E-state index contributed by atoms with van der Waals surface area (Å²) in [6.07, 6.45) is 1.33. The summed E-state index contributed by atoms with van der Waals surface area (Å²) in [5.74, 6) is 2.40. The highest BCUT2D eigenvalue weighted by atomic mass is 15.1. The second-order valence-corrected chi connectivity index (χ2v) is 5.34. The summed E-state index contributed by atoms with van der Waals surface area (Å²) >= 11 is 0. The van der Waals surface area contributed by atoms with E-state index in [1.165, 1.54) is 6.42 Å². The Kier molecular flexibility index (Phi) is 6.43. The fourth-order valence-electron chi connectivity index (χ4n) is 1.85. The molecule has 0 bridgehead atoms. The van der Waals surface area contributed by atoms with E-state index in [1.807, 2.05) is 0 Å². The molecular weight excluding hydrogens is 170 g/mol. The fourth-order valence-corrected chi connectivity index (χ4v) is 1.85. The second-order valence-electron chi connectivity index (χ2n) is 5.34. The van der Waals surface area contributed by atoms with Gasteiger partial charge in [-0.15, -0.1) is 0 Å². The average Bonchev–Trinajstić information content (AvgIpc) is 2.11. The zero-order valence-corrected chi connectivity index (χ0v) is 11.2. The van der Waals surface area contributed by atoms with Gasteiger partial charge in [0.25, 0.3) is 0 Å². The summed E-state index contributed by atoms with van der Waals surface area (Å²) in [6.45, 7) is 15.1. The monoisotopic (exact) mass is 199 g/mol. The van der Waals surface area contributed by atoms with Crippen molar-refractivity contribution in [3.05, 3.63) is 0 Å². The molecule has 0 spiro atoms. The van der Waals surface area contributed by atoms with Crippen molar-refractivity contribution < 1.29 is 0 Å². The summed E-state index contributed by atoms with van der Waals surface area (Å²) in [5.41, 5.74) is 0. The van der Waals surface area contributed by atoms with E-state index in [-0.39, 0.29) is 0 Å². The van der Waals surface area contributed by atoms with Gasteiger partial charge in [0, 0.05) is 6.04 Å². The van der Waals surface area contributed by atoms with Crippen molar-refractivity contribution in [3.8, 4) is 0 Å². The van der Waals surface area contributed by atoms with Gasteiger partial charge in [-0.1, -0.05) is 41.5 Å². The lowest BCUT2D eigenvalue weighted by Crippen LogP contribution is -2.37. The molecule has 0 aromatic heterocycles. The van der Waals surface area contributed by atoms with Gasteiger partial charge >= 0.3 is 0 Å². The van der Waals surface area contributed by atoms with Crippen molar-refractivity contribution in [1.29, 1.82) is 0 Å². The highest BCUT2D eigenvalue weighted by Crippen LogP contribution is 2.22. The van der Waals surface area contributed by atoms with Gasteiger partial charge in [-0.3, -0.25) is 0 Å².